The first-order valence-corrected chi connectivity index (χ1v) is 7.89. The van der Waals surface area contributed by atoms with E-state index < -0.39 is 0 Å². The van der Waals surface area contributed by atoms with Gasteiger partial charge >= 0.3 is 6.03 Å². The number of rotatable bonds is 2. The summed E-state index contributed by atoms with van der Waals surface area (Å²) in [6, 6.07) is 2.10. The molecule has 1 aliphatic heterocycles. The van der Waals surface area contributed by atoms with Gasteiger partial charge in [0.1, 0.15) is 0 Å². The minimum Gasteiger partial charge on any atom is -0.367 e. The average molecular weight is 304 g/mol. The first kappa shape index (κ1) is 14.9. The van der Waals surface area contributed by atoms with Gasteiger partial charge in [-0.1, -0.05) is 0 Å². The summed E-state index contributed by atoms with van der Waals surface area (Å²) in [6.45, 7) is 1.64. The second kappa shape index (κ2) is 5.66. The third-order valence-electron chi connectivity index (χ3n) is 5.05. The molecule has 0 bridgehead atoms. The first-order valence-electron chi connectivity index (χ1n) is 7.89. The van der Waals surface area contributed by atoms with Crippen molar-refractivity contribution in [3.05, 3.63) is 24.0 Å². The number of nitrogens with zero attached hydrogens (tertiary/aromatic N) is 2. The number of piperidine rings is 1. The van der Waals surface area contributed by atoms with Crippen LogP contribution in [0.2, 0.25) is 0 Å². The fraction of sp³-hybridized carbons (Fsp3) is 0.625. The Kier molecular flexibility index (Phi) is 3.85. The van der Waals surface area contributed by atoms with Crippen molar-refractivity contribution in [1.82, 2.24) is 20.1 Å². The Morgan fingerprint density at radius 3 is 2.55 bits per heavy atom. The van der Waals surface area contributed by atoms with Crippen molar-refractivity contribution in [3.8, 4) is 0 Å². The lowest BCUT2D eigenvalue weighted by atomic mass is 9.60. The van der Waals surface area contributed by atoms with Crippen LogP contribution in [0.25, 0.3) is 0 Å². The molecule has 1 spiro atoms. The maximum Gasteiger partial charge on any atom is 0.317 e. The van der Waals surface area contributed by atoms with Crippen LogP contribution in [0.1, 0.15) is 36.0 Å². The smallest absolute Gasteiger partial charge is 0.317 e. The number of hydrogen-bond acceptors (Lipinski definition) is 2. The highest BCUT2D eigenvalue weighted by atomic mass is 16.2. The van der Waals surface area contributed by atoms with Crippen LogP contribution in [0.5, 0.6) is 0 Å². The molecule has 0 atom stereocenters. The number of aromatic amines is 1. The molecule has 1 saturated heterocycles. The Bertz CT molecular complexity index is 537. The first-order chi connectivity index (χ1) is 10.5. The van der Waals surface area contributed by atoms with E-state index in [1.54, 1.807) is 31.4 Å². The van der Waals surface area contributed by atoms with Crippen LogP contribution >= 0.6 is 0 Å². The number of urea groups is 1. The highest BCUT2D eigenvalue weighted by molar-refractivity contribution is 5.94. The number of carbonyl (C=O) groups excluding carboxylic acids is 2. The third-order valence-corrected chi connectivity index (χ3v) is 5.05. The van der Waals surface area contributed by atoms with Crippen LogP contribution in [0.15, 0.2) is 18.5 Å². The summed E-state index contributed by atoms with van der Waals surface area (Å²) in [7, 11) is 3.52. The molecule has 22 heavy (non-hydrogen) atoms. The van der Waals surface area contributed by atoms with Gasteiger partial charge in [0.2, 0.25) is 0 Å². The Hall–Kier alpha value is -1.98. The second-order valence-electron chi connectivity index (χ2n) is 6.84. The minimum absolute atomic E-state index is 0.0140. The van der Waals surface area contributed by atoms with E-state index >= 15 is 0 Å². The average Bonchev–Trinajstić information content (AvgIpc) is 2.99. The topological polar surface area (TPSA) is 68.4 Å². The van der Waals surface area contributed by atoms with Gasteiger partial charge in [0, 0.05) is 45.6 Å². The Morgan fingerprint density at radius 1 is 1.32 bits per heavy atom. The quantitative estimate of drug-likeness (QED) is 0.872. The number of likely N-dealkylation sites (tertiary alicyclic amines) is 1. The van der Waals surface area contributed by atoms with E-state index in [-0.39, 0.29) is 11.9 Å². The molecule has 6 nitrogen and oxygen atoms in total. The number of nitrogens with one attached hydrogen (secondary N) is 2. The van der Waals surface area contributed by atoms with E-state index in [0.717, 1.165) is 44.3 Å². The van der Waals surface area contributed by atoms with Gasteiger partial charge in [-0.25, -0.2) is 4.79 Å². The molecule has 3 amide bonds. The third kappa shape index (κ3) is 2.82. The van der Waals surface area contributed by atoms with Gasteiger partial charge in [0.15, 0.2) is 0 Å². The summed E-state index contributed by atoms with van der Waals surface area (Å²) in [5, 5.41) is 3.05. The SMILES string of the molecule is CN(C)C(=O)NC1CC2(CCN(C(=O)c3cc[nH]c3)CC2)C1. The lowest BCUT2D eigenvalue weighted by Crippen LogP contribution is -2.56. The molecule has 3 rings (SSSR count). The van der Waals surface area contributed by atoms with Crippen LogP contribution in [0.4, 0.5) is 4.79 Å². The minimum atomic E-state index is -0.0140. The van der Waals surface area contributed by atoms with Crippen LogP contribution in [-0.2, 0) is 0 Å². The summed E-state index contributed by atoms with van der Waals surface area (Å²) in [4.78, 5) is 30.4. The van der Waals surface area contributed by atoms with Crippen LogP contribution in [0, 0.1) is 5.41 Å². The van der Waals surface area contributed by atoms with Crippen molar-refractivity contribution in [2.75, 3.05) is 27.2 Å². The molecular formula is C16H24N4O2. The summed E-state index contributed by atoms with van der Waals surface area (Å²) in [5.41, 5.74) is 1.07. The molecule has 2 N–H and O–H groups in total. The maximum atomic E-state index is 12.3. The number of carbonyl (C=O) groups is 2. The van der Waals surface area contributed by atoms with Crippen molar-refractivity contribution in [3.63, 3.8) is 0 Å². The van der Waals surface area contributed by atoms with E-state index in [2.05, 4.69) is 10.3 Å². The molecule has 2 aliphatic rings. The predicted molar refractivity (Wildman–Crippen MR) is 83.6 cm³/mol. The van der Waals surface area contributed by atoms with Crippen LogP contribution in [-0.4, -0.2) is 59.9 Å². The Balaban J connectivity index is 1.47. The van der Waals surface area contributed by atoms with Gasteiger partial charge in [0.05, 0.1) is 5.56 Å². The molecule has 0 aromatic carbocycles. The number of aromatic nitrogens is 1. The molecule has 2 fully saturated rings. The summed E-state index contributed by atoms with van der Waals surface area (Å²) < 4.78 is 0. The van der Waals surface area contributed by atoms with Crippen molar-refractivity contribution >= 4 is 11.9 Å². The molecule has 6 heteroatoms. The zero-order chi connectivity index (χ0) is 15.7. The normalized spacial score (nSPS) is 20.5. The largest absolute Gasteiger partial charge is 0.367 e. The highest BCUT2D eigenvalue weighted by Crippen LogP contribution is 2.49. The lowest BCUT2D eigenvalue weighted by Gasteiger charge is -2.52. The molecule has 120 valence electrons. The second-order valence-corrected chi connectivity index (χ2v) is 6.84. The number of hydrogen-bond donors (Lipinski definition) is 2. The lowest BCUT2D eigenvalue weighted by molar-refractivity contribution is 0.0102. The standard InChI is InChI=1S/C16H24N4O2/c1-19(2)15(22)18-13-9-16(10-13)4-7-20(8-5-16)14(21)12-3-6-17-11-12/h3,6,11,13,17H,4-5,7-10H2,1-2H3,(H,18,22). The van der Waals surface area contributed by atoms with E-state index in [0.29, 0.717) is 11.5 Å². The van der Waals surface area contributed by atoms with Gasteiger partial charge in [-0.05, 0) is 37.2 Å². The van der Waals surface area contributed by atoms with E-state index in [9.17, 15) is 9.59 Å². The molecular weight excluding hydrogens is 280 g/mol. The molecule has 2 heterocycles. The van der Waals surface area contributed by atoms with Crippen LogP contribution in [0.3, 0.4) is 0 Å². The van der Waals surface area contributed by atoms with Gasteiger partial charge < -0.3 is 20.1 Å². The molecule has 1 aliphatic carbocycles. The predicted octanol–water partition coefficient (Wildman–Crippen LogP) is 1.67. The summed E-state index contributed by atoms with van der Waals surface area (Å²) in [6.07, 6.45) is 7.69. The fourth-order valence-electron chi connectivity index (χ4n) is 3.62. The van der Waals surface area contributed by atoms with Crippen molar-refractivity contribution in [2.45, 2.75) is 31.7 Å². The van der Waals surface area contributed by atoms with E-state index in [4.69, 9.17) is 0 Å². The Morgan fingerprint density at radius 2 is 2.00 bits per heavy atom. The number of H-pyrrole nitrogens is 1. The van der Waals surface area contributed by atoms with Gasteiger partial charge in [-0.2, -0.15) is 0 Å². The molecule has 1 aromatic heterocycles. The monoisotopic (exact) mass is 304 g/mol. The molecule has 0 radical (unpaired) electrons. The maximum absolute atomic E-state index is 12.3. The van der Waals surface area contributed by atoms with Crippen molar-refractivity contribution in [1.29, 1.82) is 0 Å². The molecule has 1 saturated carbocycles. The van der Waals surface area contributed by atoms with Gasteiger partial charge in [-0.15, -0.1) is 0 Å². The Labute approximate surface area is 130 Å². The molecule has 1 aromatic rings. The summed E-state index contributed by atoms with van der Waals surface area (Å²) >= 11 is 0. The van der Waals surface area contributed by atoms with E-state index in [1.807, 2.05) is 11.0 Å². The zero-order valence-electron chi connectivity index (χ0n) is 13.3. The van der Waals surface area contributed by atoms with Crippen molar-refractivity contribution < 1.29 is 9.59 Å². The van der Waals surface area contributed by atoms with E-state index in [1.165, 1.54) is 0 Å². The van der Waals surface area contributed by atoms with Crippen LogP contribution < -0.4 is 5.32 Å². The number of amides is 3. The zero-order valence-corrected chi connectivity index (χ0v) is 13.3. The van der Waals surface area contributed by atoms with Crippen molar-refractivity contribution in [2.24, 2.45) is 5.41 Å². The fourth-order valence-corrected chi connectivity index (χ4v) is 3.62. The molecule has 0 unspecified atom stereocenters. The summed E-state index contributed by atoms with van der Waals surface area (Å²) in [5.74, 6) is 0.118. The van der Waals surface area contributed by atoms with Gasteiger partial charge in [0.25, 0.3) is 5.91 Å². The highest BCUT2D eigenvalue weighted by Gasteiger charge is 2.46. The van der Waals surface area contributed by atoms with Gasteiger partial charge in [-0.3, -0.25) is 4.79 Å².